The van der Waals surface area contributed by atoms with Crippen molar-refractivity contribution in [2.75, 3.05) is 18.0 Å². The number of rotatable bonds is 2. The third-order valence-corrected chi connectivity index (χ3v) is 4.11. The molecule has 2 aliphatic rings. The topological polar surface area (TPSA) is 49.2 Å². The highest BCUT2D eigenvalue weighted by molar-refractivity contribution is 5.33. The molecule has 1 saturated carbocycles. The summed E-state index contributed by atoms with van der Waals surface area (Å²) in [6.07, 6.45) is 6.66. The Labute approximate surface area is 102 Å². The van der Waals surface area contributed by atoms with E-state index in [4.69, 9.17) is 0 Å². The fourth-order valence-electron chi connectivity index (χ4n) is 3.13. The van der Waals surface area contributed by atoms with Crippen molar-refractivity contribution >= 4 is 5.95 Å². The third-order valence-electron chi connectivity index (χ3n) is 4.11. The first-order valence-corrected chi connectivity index (χ1v) is 6.50. The predicted molar refractivity (Wildman–Crippen MR) is 65.8 cm³/mol. The van der Waals surface area contributed by atoms with Gasteiger partial charge in [0.15, 0.2) is 0 Å². The molecule has 3 rings (SSSR count). The van der Waals surface area contributed by atoms with E-state index < -0.39 is 0 Å². The van der Waals surface area contributed by atoms with Crippen molar-refractivity contribution in [2.45, 2.75) is 32.3 Å². The van der Waals surface area contributed by atoms with Gasteiger partial charge in [-0.2, -0.15) is 0 Å². The van der Waals surface area contributed by atoms with Crippen LogP contribution in [0.25, 0.3) is 0 Å². The van der Waals surface area contributed by atoms with E-state index in [0.717, 1.165) is 38.3 Å². The van der Waals surface area contributed by atoms with Crippen LogP contribution in [-0.2, 0) is 6.42 Å². The van der Waals surface area contributed by atoms with Crippen LogP contribution in [-0.4, -0.2) is 34.3 Å². The van der Waals surface area contributed by atoms with Crippen LogP contribution in [0.15, 0.2) is 12.4 Å². The van der Waals surface area contributed by atoms with Crippen LogP contribution >= 0.6 is 0 Å². The van der Waals surface area contributed by atoms with Gasteiger partial charge in [-0.3, -0.25) is 0 Å². The molecule has 0 spiro atoms. The van der Waals surface area contributed by atoms with Crippen molar-refractivity contribution in [2.24, 2.45) is 11.8 Å². The second kappa shape index (κ2) is 4.26. The molecule has 92 valence electrons. The molecular formula is C13H19N3O. The van der Waals surface area contributed by atoms with E-state index in [9.17, 15) is 5.11 Å². The number of anilines is 1. The van der Waals surface area contributed by atoms with Gasteiger partial charge in [0.2, 0.25) is 5.95 Å². The average molecular weight is 233 g/mol. The number of aliphatic hydroxyl groups excluding tert-OH is 1. The number of aryl methyl sites for hydroxylation is 1. The minimum absolute atomic E-state index is 0.0736. The molecule has 1 saturated heterocycles. The van der Waals surface area contributed by atoms with E-state index in [-0.39, 0.29) is 6.10 Å². The highest BCUT2D eigenvalue weighted by atomic mass is 16.3. The molecule has 2 fully saturated rings. The lowest BCUT2D eigenvalue weighted by atomic mass is 10.0. The Balaban J connectivity index is 1.70. The van der Waals surface area contributed by atoms with Gasteiger partial charge in [0.1, 0.15) is 0 Å². The summed E-state index contributed by atoms with van der Waals surface area (Å²) in [6.45, 7) is 4.13. The Morgan fingerprint density at radius 1 is 1.24 bits per heavy atom. The van der Waals surface area contributed by atoms with E-state index in [2.05, 4.69) is 21.8 Å². The lowest BCUT2D eigenvalue weighted by molar-refractivity contribution is 0.174. The molecule has 1 aromatic heterocycles. The van der Waals surface area contributed by atoms with Crippen molar-refractivity contribution in [3.8, 4) is 0 Å². The summed E-state index contributed by atoms with van der Waals surface area (Å²) >= 11 is 0. The van der Waals surface area contributed by atoms with Crippen molar-refractivity contribution in [3.63, 3.8) is 0 Å². The average Bonchev–Trinajstić information content (AvgIpc) is 2.86. The van der Waals surface area contributed by atoms with Gasteiger partial charge in [-0.15, -0.1) is 0 Å². The van der Waals surface area contributed by atoms with Gasteiger partial charge < -0.3 is 10.0 Å². The monoisotopic (exact) mass is 233 g/mol. The molecule has 1 aliphatic heterocycles. The van der Waals surface area contributed by atoms with E-state index in [0.29, 0.717) is 11.8 Å². The fraction of sp³-hybridized carbons (Fsp3) is 0.692. The first-order valence-electron chi connectivity index (χ1n) is 6.50. The molecule has 0 aromatic carbocycles. The Hall–Kier alpha value is -1.16. The number of aliphatic hydroxyl groups is 1. The standard InChI is InChI=1S/C13H19N3O/c1-2-9-5-14-13(15-6-9)16-7-10-3-12(17)4-11(10)8-16/h5-6,10-12,17H,2-4,7-8H2,1H3/t10-,11+,12-. The van der Waals surface area contributed by atoms with Crippen LogP contribution in [0.3, 0.4) is 0 Å². The van der Waals surface area contributed by atoms with Crippen LogP contribution in [0, 0.1) is 11.8 Å². The number of hydrogen-bond donors (Lipinski definition) is 1. The predicted octanol–water partition coefficient (Wildman–Crippen LogP) is 1.25. The highest BCUT2D eigenvalue weighted by Crippen LogP contribution is 2.38. The zero-order chi connectivity index (χ0) is 11.8. The number of aromatic nitrogens is 2. The summed E-state index contributed by atoms with van der Waals surface area (Å²) in [4.78, 5) is 11.1. The van der Waals surface area contributed by atoms with Crippen molar-refractivity contribution in [1.29, 1.82) is 0 Å². The minimum Gasteiger partial charge on any atom is -0.393 e. The first-order chi connectivity index (χ1) is 8.26. The Morgan fingerprint density at radius 3 is 2.35 bits per heavy atom. The normalized spacial score (nSPS) is 31.9. The molecule has 1 aliphatic carbocycles. The van der Waals surface area contributed by atoms with Crippen LogP contribution in [0.5, 0.6) is 0 Å². The van der Waals surface area contributed by atoms with E-state index >= 15 is 0 Å². The molecule has 0 radical (unpaired) electrons. The molecular weight excluding hydrogens is 214 g/mol. The van der Waals surface area contributed by atoms with Crippen LogP contribution in [0.2, 0.25) is 0 Å². The second-order valence-corrected chi connectivity index (χ2v) is 5.30. The number of nitrogens with zero attached hydrogens (tertiary/aromatic N) is 3. The highest BCUT2D eigenvalue weighted by Gasteiger charge is 2.40. The van der Waals surface area contributed by atoms with E-state index in [1.165, 1.54) is 5.56 Å². The van der Waals surface area contributed by atoms with Crippen molar-refractivity contribution < 1.29 is 5.11 Å². The Kier molecular flexibility index (Phi) is 2.74. The maximum Gasteiger partial charge on any atom is 0.225 e. The lowest BCUT2D eigenvalue weighted by Gasteiger charge is -2.17. The zero-order valence-electron chi connectivity index (χ0n) is 10.2. The first kappa shape index (κ1) is 11.0. The maximum absolute atomic E-state index is 9.61. The Bertz CT molecular complexity index is 378. The summed E-state index contributed by atoms with van der Waals surface area (Å²) in [5.74, 6) is 2.13. The van der Waals surface area contributed by atoms with Gasteiger partial charge in [0, 0.05) is 25.5 Å². The van der Waals surface area contributed by atoms with Gasteiger partial charge in [-0.1, -0.05) is 6.92 Å². The summed E-state index contributed by atoms with van der Waals surface area (Å²) in [5, 5.41) is 9.61. The van der Waals surface area contributed by atoms with Gasteiger partial charge in [-0.05, 0) is 36.7 Å². The SMILES string of the molecule is CCc1cnc(N2C[C@H]3C[C@@H](O)C[C@H]3C2)nc1. The zero-order valence-corrected chi connectivity index (χ0v) is 10.2. The van der Waals surface area contributed by atoms with Gasteiger partial charge >= 0.3 is 0 Å². The van der Waals surface area contributed by atoms with Crippen molar-refractivity contribution in [3.05, 3.63) is 18.0 Å². The molecule has 0 unspecified atom stereocenters. The smallest absolute Gasteiger partial charge is 0.225 e. The molecule has 4 heteroatoms. The number of hydrogen-bond acceptors (Lipinski definition) is 4. The van der Waals surface area contributed by atoms with Gasteiger partial charge in [-0.25, -0.2) is 9.97 Å². The van der Waals surface area contributed by atoms with E-state index in [1.807, 2.05) is 12.4 Å². The van der Waals surface area contributed by atoms with Crippen molar-refractivity contribution in [1.82, 2.24) is 9.97 Å². The Morgan fingerprint density at radius 2 is 1.82 bits per heavy atom. The summed E-state index contributed by atoms with van der Waals surface area (Å²) < 4.78 is 0. The summed E-state index contributed by atoms with van der Waals surface area (Å²) in [5.41, 5.74) is 1.18. The van der Waals surface area contributed by atoms with Gasteiger partial charge in [0.25, 0.3) is 0 Å². The van der Waals surface area contributed by atoms with Gasteiger partial charge in [0.05, 0.1) is 6.10 Å². The lowest BCUT2D eigenvalue weighted by Crippen LogP contribution is -2.24. The third kappa shape index (κ3) is 2.02. The van der Waals surface area contributed by atoms with Crippen LogP contribution in [0.1, 0.15) is 25.3 Å². The number of fused-ring (bicyclic) bond motifs is 1. The molecule has 0 bridgehead atoms. The summed E-state index contributed by atoms with van der Waals surface area (Å²) in [6, 6.07) is 0. The quantitative estimate of drug-likeness (QED) is 0.835. The molecule has 3 atom stereocenters. The summed E-state index contributed by atoms with van der Waals surface area (Å²) in [7, 11) is 0. The second-order valence-electron chi connectivity index (χ2n) is 5.30. The molecule has 1 N–H and O–H groups in total. The fourth-order valence-corrected chi connectivity index (χ4v) is 3.13. The molecule has 4 nitrogen and oxygen atoms in total. The van der Waals surface area contributed by atoms with Crippen LogP contribution in [0.4, 0.5) is 5.95 Å². The van der Waals surface area contributed by atoms with E-state index in [1.54, 1.807) is 0 Å². The maximum atomic E-state index is 9.61. The minimum atomic E-state index is -0.0736. The molecule has 17 heavy (non-hydrogen) atoms. The molecule has 1 aromatic rings. The molecule has 2 heterocycles. The van der Waals surface area contributed by atoms with Crippen LogP contribution < -0.4 is 4.90 Å². The largest absolute Gasteiger partial charge is 0.393 e. The molecule has 0 amide bonds.